The first-order valence-electron chi connectivity index (χ1n) is 11.5. The van der Waals surface area contributed by atoms with E-state index in [4.69, 9.17) is 23.2 Å². The molecule has 0 radical (unpaired) electrons. The number of benzene rings is 2. The lowest BCUT2D eigenvalue weighted by Gasteiger charge is -2.08. The van der Waals surface area contributed by atoms with Gasteiger partial charge in [0.2, 0.25) is 5.91 Å². The largest absolute Gasteiger partial charge is 0.308 e. The number of halogens is 2. The molecular weight excluding hydrogens is 495 g/mol. The van der Waals surface area contributed by atoms with E-state index in [9.17, 15) is 4.79 Å². The number of fused-ring (bicyclic) bond motifs is 1. The third-order valence-corrected chi connectivity index (χ3v) is 6.76. The van der Waals surface area contributed by atoms with Crippen LogP contribution < -0.4 is 5.32 Å². The minimum Gasteiger partial charge on any atom is -0.308 e. The van der Waals surface area contributed by atoms with Crippen LogP contribution in [0, 0.1) is 20.8 Å². The summed E-state index contributed by atoms with van der Waals surface area (Å²) in [7, 11) is 0. The van der Waals surface area contributed by atoms with Gasteiger partial charge in [-0.3, -0.25) is 9.48 Å². The topological polar surface area (TPSA) is 77.6 Å². The Balaban J connectivity index is 1.37. The van der Waals surface area contributed by atoms with Gasteiger partial charge in [0.05, 0.1) is 12.2 Å². The van der Waals surface area contributed by atoms with E-state index in [-0.39, 0.29) is 12.5 Å². The van der Waals surface area contributed by atoms with Gasteiger partial charge in [-0.1, -0.05) is 59.1 Å². The van der Waals surface area contributed by atoms with Gasteiger partial charge in [0.1, 0.15) is 6.54 Å². The molecule has 2 aromatic carbocycles. The molecule has 0 aliphatic carbocycles. The Morgan fingerprint density at radius 2 is 1.69 bits per heavy atom. The van der Waals surface area contributed by atoms with Gasteiger partial charge >= 0.3 is 0 Å². The predicted octanol–water partition coefficient (Wildman–Crippen LogP) is 6.21. The smallest absolute Gasteiger partial charge is 0.247 e. The number of anilines is 1. The lowest BCUT2D eigenvalue weighted by atomic mass is 10.0. The maximum Gasteiger partial charge on any atom is 0.247 e. The number of nitrogens with zero attached hydrogens (tertiary/aromatic N) is 5. The van der Waals surface area contributed by atoms with Crippen molar-refractivity contribution in [1.82, 2.24) is 24.5 Å². The van der Waals surface area contributed by atoms with Crippen molar-refractivity contribution in [1.29, 1.82) is 0 Å². The third kappa shape index (κ3) is 4.72. The molecule has 0 spiro atoms. The Morgan fingerprint density at radius 1 is 0.944 bits per heavy atom. The van der Waals surface area contributed by atoms with Crippen LogP contribution in [0.15, 0.2) is 60.8 Å². The number of carbonyl (C=O) groups excluding carboxylic acids is 1. The molecule has 1 N–H and O–H groups in total. The van der Waals surface area contributed by atoms with Crippen molar-refractivity contribution in [3.63, 3.8) is 0 Å². The van der Waals surface area contributed by atoms with Gasteiger partial charge in [-0.15, -0.1) is 0 Å². The van der Waals surface area contributed by atoms with Crippen LogP contribution >= 0.6 is 23.2 Å². The van der Waals surface area contributed by atoms with Crippen LogP contribution in [0.1, 0.15) is 22.5 Å². The first-order chi connectivity index (χ1) is 17.3. The summed E-state index contributed by atoms with van der Waals surface area (Å²) in [6.45, 7) is 6.32. The molecule has 0 saturated carbocycles. The highest BCUT2D eigenvalue weighted by atomic mass is 35.5. The quantitative estimate of drug-likeness (QED) is 0.289. The van der Waals surface area contributed by atoms with E-state index < -0.39 is 0 Å². The molecule has 0 bridgehead atoms. The number of amides is 1. The Kier molecular flexibility index (Phi) is 6.51. The maximum absolute atomic E-state index is 12.9. The molecule has 0 atom stereocenters. The molecule has 36 heavy (non-hydrogen) atoms. The van der Waals surface area contributed by atoms with Crippen molar-refractivity contribution < 1.29 is 4.79 Å². The van der Waals surface area contributed by atoms with Gasteiger partial charge in [0.25, 0.3) is 0 Å². The van der Waals surface area contributed by atoms with E-state index in [2.05, 4.69) is 45.6 Å². The van der Waals surface area contributed by atoms with E-state index in [0.29, 0.717) is 28.1 Å². The number of aromatic nitrogens is 5. The Bertz CT molecular complexity index is 1580. The standard InChI is InChI=1S/C27H24Cl2N6O/c1-16-6-4-7-19(12-16)20-10-11-30-27-26(20)18(3)32-35(27)15-25(36)31-24-13-17(2)34(33-24)14-21-22(28)8-5-9-23(21)29/h4-13H,14-15H2,1-3H3,(H,31,33,36). The molecule has 0 aliphatic heterocycles. The summed E-state index contributed by atoms with van der Waals surface area (Å²) < 4.78 is 3.39. The van der Waals surface area contributed by atoms with Gasteiger partial charge in [-0.05, 0) is 50.1 Å². The highest BCUT2D eigenvalue weighted by Gasteiger charge is 2.17. The maximum atomic E-state index is 12.9. The summed E-state index contributed by atoms with van der Waals surface area (Å²) in [4.78, 5) is 17.5. The van der Waals surface area contributed by atoms with Crippen LogP contribution in [0.5, 0.6) is 0 Å². The number of nitrogens with one attached hydrogen (secondary N) is 1. The lowest BCUT2D eigenvalue weighted by molar-refractivity contribution is -0.116. The third-order valence-electron chi connectivity index (χ3n) is 6.05. The average Bonchev–Trinajstić information content (AvgIpc) is 3.34. The second-order valence-electron chi connectivity index (χ2n) is 8.75. The number of pyridine rings is 1. The first-order valence-corrected chi connectivity index (χ1v) is 12.2. The number of carbonyl (C=O) groups is 1. The van der Waals surface area contributed by atoms with Crippen molar-refractivity contribution in [2.75, 3.05) is 5.32 Å². The van der Waals surface area contributed by atoms with Gasteiger partial charge in [-0.25, -0.2) is 9.67 Å². The van der Waals surface area contributed by atoms with Crippen LogP contribution in [-0.2, 0) is 17.9 Å². The van der Waals surface area contributed by atoms with E-state index in [1.54, 1.807) is 33.8 Å². The van der Waals surface area contributed by atoms with E-state index in [1.807, 2.05) is 32.0 Å². The second-order valence-corrected chi connectivity index (χ2v) is 9.56. The van der Waals surface area contributed by atoms with Crippen LogP contribution in [0.3, 0.4) is 0 Å². The second kappa shape index (κ2) is 9.76. The summed E-state index contributed by atoms with van der Waals surface area (Å²) in [6, 6.07) is 17.5. The molecule has 0 saturated heterocycles. The van der Waals surface area contributed by atoms with E-state index in [0.717, 1.165) is 33.5 Å². The zero-order chi connectivity index (χ0) is 25.4. The van der Waals surface area contributed by atoms with Crippen molar-refractivity contribution in [3.8, 4) is 11.1 Å². The molecule has 9 heteroatoms. The Morgan fingerprint density at radius 3 is 2.44 bits per heavy atom. The molecule has 182 valence electrons. The fourth-order valence-electron chi connectivity index (χ4n) is 4.33. The summed E-state index contributed by atoms with van der Waals surface area (Å²) >= 11 is 12.6. The monoisotopic (exact) mass is 518 g/mol. The molecular formula is C27H24Cl2N6O. The Hall–Kier alpha value is -3.68. The minimum absolute atomic E-state index is 0.0108. The van der Waals surface area contributed by atoms with Crippen molar-refractivity contribution in [3.05, 3.63) is 93.4 Å². The number of aryl methyl sites for hydroxylation is 3. The van der Waals surface area contributed by atoms with Gasteiger partial charge in [0.15, 0.2) is 11.5 Å². The van der Waals surface area contributed by atoms with Crippen LogP contribution in [0.2, 0.25) is 10.0 Å². The van der Waals surface area contributed by atoms with Crippen LogP contribution in [0.25, 0.3) is 22.2 Å². The van der Waals surface area contributed by atoms with E-state index >= 15 is 0 Å². The van der Waals surface area contributed by atoms with Gasteiger partial charge in [0, 0.05) is 39.0 Å². The molecule has 1 amide bonds. The zero-order valence-electron chi connectivity index (χ0n) is 20.1. The predicted molar refractivity (Wildman–Crippen MR) is 144 cm³/mol. The SMILES string of the molecule is Cc1cccc(-c2ccnc3c2c(C)nn3CC(=O)Nc2cc(C)n(Cc3c(Cl)cccc3Cl)n2)c1. The first kappa shape index (κ1) is 24.0. The average molecular weight is 519 g/mol. The minimum atomic E-state index is -0.248. The lowest BCUT2D eigenvalue weighted by Crippen LogP contribution is -2.20. The molecule has 3 aromatic heterocycles. The highest BCUT2D eigenvalue weighted by molar-refractivity contribution is 6.36. The summed E-state index contributed by atoms with van der Waals surface area (Å²) in [5.41, 5.74) is 6.43. The number of hydrogen-bond acceptors (Lipinski definition) is 4. The fraction of sp³-hybridized carbons (Fsp3) is 0.185. The van der Waals surface area contributed by atoms with Crippen LogP contribution in [0.4, 0.5) is 5.82 Å². The van der Waals surface area contributed by atoms with Crippen molar-refractivity contribution in [2.24, 2.45) is 0 Å². The normalized spacial score (nSPS) is 11.2. The molecule has 3 heterocycles. The molecule has 0 fully saturated rings. The molecule has 0 aliphatic rings. The molecule has 7 nitrogen and oxygen atoms in total. The molecule has 5 rings (SSSR count). The number of hydrogen-bond donors (Lipinski definition) is 1. The van der Waals surface area contributed by atoms with Gasteiger partial charge < -0.3 is 5.32 Å². The zero-order valence-corrected chi connectivity index (χ0v) is 21.6. The van der Waals surface area contributed by atoms with E-state index in [1.165, 1.54) is 5.56 Å². The summed E-state index contributed by atoms with van der Waals surface area (Å²) in [5, 5.41) is 14.1. The van der Waals surface area contributed by atoms with Gasteiger partial charge in [-0.2, -0.15) is 10.2 Å². The van der Waals surface area contributed by atoms with Crippen LogP contribution in [-0.4, -0.2) is 30.5 Å². The highest BCUT2D eigenvalue weighted by Crippen LogP contribution is 2.30. The molecule has 0 unspecified atom stereocenters. The summed E-state index contributed by atoms with van der Waals surface area (Å²) in [6.07, 6.45) is 1.75. The number of rotatable bonds is 6. The fourth-order valence-corrected chi connectivity index (χ4v) is 4.84. The summed E-state index contributed by atoms with van der Waals surface area (Å²) in [5.74, 6) is 0.199. The molecule has 5 aromatic rings. The van der Waals surface area contributed by atoms with Crippen molar-refractivity contribution in [2.45, 2.75) is 33.9 Å². The van der Waals surface area contributed by atoms with Crippen molar-refractivity contribution >= 4 is 46.0 Å². The Labute approximate surface area is 218 Å².